The van der Waals surface area contributed by atoms with Crippen LogP contribution in [-0.4, -0.2) is 28.2 Å². The van der Waals surface area contributed by atoms with Crippen molar-refractivity contribution in [1.82, 2.24) is 15.3 Å². The number of hydrogen-bond acceptors (Lipinski definition) is 4. The third-order valence-electron chi connectivity index (χ3n) is 3.45. The molecule has 1 amide bonds. The van der Waals surface area contributed by atoms with E-state index in [-0.39, 0.29) is 11.7 Å². The van der Waals surface area contributed by atoms with Crippen molar-refractivity contribution in [2.24, 2.45) is 0 Å². The second kappa shape index (κ2) is 7.75. The number of aromatic nitrogens is 2. The molecular weight excluding hydrogens is 318 g/mol. The molecule has 1 heterocycles. The molecule has 4 nitrogen and oxygen atoms in total. The van der Waals surface area contributed by atoms with Crippen molar-refractivity contribution in [1.29, 1.82) is 0 Å². The largest absolute Gasteiger partial charge is 0.352 e. The lowest BCUT2D eigenvalue weighted by atomic mass is 10.1. The highest BCUT2D eigenvalue weighted by atomic mass is 32.2. The molecule has 2 aromatic carbocycles. The molecule has 3 aromatic rings. The van der Waals surface area contributed by atoms with Crippen LogP contribution in [0.5, 0.6) is 0 Å². The number of carbonyl (C=O) groups is 1. The molecule has 1 aromatic heterocycles. The van der Waals surface area contributed by atoms with Crippen molar-refractivity contribution in [3.63, 3.8) is 0 Å². The SMILES string of the molecule is C=CCNC(=O)CSc1nccc(-c2ccc3ccccc3c2)n1. The molecule has 0 aliphatic heterocycles. The Morgan fingerprint density at radius 2 is 2.00 bits per heavy atom. The number of nitrogens with zero attached hydrogens (tertiary/aromatic N) is 2. The Bertz CT molecular complexity index is 879. The highest BCUT2D eigenvalue weighted by Crippen LogP contribution is 2.24. The van der Waals surface area contributed by atoms with Gasteiger partial charge in [0.2, 0.25) is 5.91 Å². The lowest BCUT2D eigenvalue weighted by Gasteiger charge is -2.05. The fourth-order valence-electron chi connectivity index (χ4n) is 2.29. The van der Waals surface area contributed by atoms with E-state index in [1.165, 1.54) is 22.5 Å². The van der Waals surface area contributed by atoms with E-state index in [4.69, 9.17) is 0 Å². The van der Waals surface area contributed by atoms with Gasteiger partial charge in [0, 0.05) is 18.3 Å². The molecule has 0 bridgehead atoms. The van der Waals surface area contributed by atoms with E-state index in [9.17, 15) is 4.79 Å². The van der Waals surface area contributed by atoms with Crippen LogP contribution in [0.15, 0.2) is 72.5 Å². The summed E-state index contributed by atoms with van der Waals surface area (Å²) in [5.74, 6) is 0.231. The number of carbonyl (C=O) groups excluding carboxylic acids is 1. The Hall–Kier alpha value is -2.66. The monoisotopic (exact) mass is 335 g/mol. The number of amides is 1. The van der Waals surface area contributed by atoms with Crippen LogP contribution in [0.4, 0.5) is 0 Å². The van der Waals surface area contributed by atoms with E-state index in [0.717, 1.165) is 11.3 Å². The van der Waals surface area contributed by atoms with E-state index < -0.39 is 0 Å². The maximum atomic E-state index is 11.6. The summed E-state index contributed by atoms with van der Waals surface area (Å²) in [6, 6.07) is 16.4. The van der Waals surface area contributed by atoms with Gasteiger partial charge in [0.25, 0.3) is 0 Å². The van der Waals surface area contributed by atoms with Crippen molar-refractivity contribution in [2.75, 3.05) is 12.3 Å². The molecular formula is C19H17N3OS. The lowest BCUT2D eigenvalue weighted by Crippen LogP contribution is -2.25. The fourth-order valence-corrected chi connectivity index (χ4v) is 2.95. The van der Waals surface area contributed by atoms with Crippen LogP contribution in [0, 0.1) is 0 Å². The number of rotatable bonds is 6. The van der Waals surface area contributed by atoms with Crippen LogP contribution in [0.3, 0.4) is 0 Å². The third kappa shape index (κ3) is 4.00. The molecule has 0 saturated heterocycles. The van der Waals surface area contributed by atoms with Gasteiger partial charge in [0.15, 0.2) is 5.16 Å². The molecule has 3 rings (SSSR count). The number of nitrogens with one attached hydrogen (secondary N) is 1. The molecule has 24 heavy (non-hydrogen) atoms. The van der Waals surface area contributed by atoms with E-state index in [1.807, 2.05) is 18.2 Å². The van der Waals surface area contributed by atoms with Crippen LogP contribution < -0.4 is 5.32 Å². The molecule has 0 fully saturated rings. The Kier molecular flexibility index (Phi) is 5.23. The van der Waals surface area contributed by atoms with Crippen LogP contribution in [0.1, 0.15) is 0 Å². The van der Waals surface area contributed by atoms with Crippen LogP contribution in [0.2, 0.25) is 0 Å². The standard InChI is InChI=1S/C19H17N3OS/c1-2-10-20-18(23)13-24-19-21-11-9-17(22-19)16-8-7-14-5-3-4-6-15(14)12-16/h2-9,11-12H,1,10,13H2,(H,20,23). The van der Waals surface area contributed by atoms with Gasteiger partial charge in [-0.1, -0.05) is 54.2 Å². The number of thioether (sulfide) groups is 1. The summed E-state index contributed by atoms with van der Waals surface area (Å²) < 4.78 is 0. The zero-order valence-electron chi connectivity index (χ0n) is 13.1. The van der Waals surface area contributed by atoms with E-state index in [0.29, 0.717) is 11.7 Å². The molecule has 0 unspecified atom stereocenters. The van der Waals surface area contributed by atoms with Gasteiger partial charge in [-0.05, 0) is 22.9 Å². The molecule has 5 heteroatoms. The first-order chi connectivity index (χ1) is 11.8. The summed E-state index contributed by atoms with van der Waals surface area (Å²) in [5, 5.41) is 5.70. The summed E-state index contributed by atoms with van der Waals surface area (Å²) in [4.78, 5) is 20.4. The van der Waals surface area contributed by atoms with Crippen molar-refractivity contribution < 1.29 is 4.79 Å². The molecule has 0 aliphatic carbocycles. The van der Waals surface area contributed by atoms with Gasteiger partial charge < -0.3 is 5.32 Å². The van der Waals surface area contributed by atoms with Gasteiger partial charge in [-0.2, -0.15) is 0 Å². The summed E-state index contributed by atoms with van der Waals surface area (Å²) in [5.41, 5.74) is 1.89. The zero-order valence-corrected chi connectivity index (χ0v) is 13.9. The Morgan fingerprint density at radius 3 is 2.83 bits per heavy atom. The van der Waals surface area contributed by atoms with E-state index >= 15 is 0 Å². The maximum Gasteiger partial charge on any atom is 0.230 e. The number of hydrogen-bond donors (Lipinski definition) is 1. The van der Waals surface area contributed by atoms with Crippen LogP contribution in [0.25, 0.3) is 22.0 Å². The van der Waals surface area contributed by atoms with Gasteiger partial charge in [0.1, 0.15) is 0 Å². The Morgan fingerprint density at radius 1 is 1.17 bits per heavy atom. The quantitative estimate of drug-likeness (QED) is 0.424. The van der Waals surface area contributed by atoms with Gasteiger partial charge >= 0.3 is 0 Å². The molecule has 0 radical (unpaired) electrons. The summed E-state index contributed by atoms with van der Waals surface area (Å²) in [6.07, 6.45) is 3.38. The molecule has 0 saturated carbocycles. The first-order valence-electron chi connectivity index (χ1n) is 7.59. The minimum absolute atomic E-state index is 0.0559. The third-order valence-corrected chi connectivity index (χ3v) is 4.32. The van der Waals surface area contributed by atoms with E-state index in [2.05, 4.69) is 52.2 Å². The molecule has 1 N–H and O–H groups in total. The minimum Gasteiger partial charge on any atom is -0.352 e. The Balaban J connectivity index is 1.76. The van der Waals surface area contributed by atoms with Gasteiger partial charge in [-0.15, -0.1) is 6.58 Å². The smallest absolute Gasteiger partial charge is 0.230 e. The normalized spacial score (nSPS) is 10.5. The number of fused-ring (bicyclic) bond motifs is 1. The predicted octanol–water partition coefficient (Wildman–Crippen LogP) is 3.69. The van der Waals surface area contributed by atoms with Gasteiger partial charge in [-0.3, -0.25) is 4.79 Å². The zero-order chi connectivity index (χ0) is 16.8. The first kappa shape index (κ1) is 16.2. The molecule has 0 spiro atoms. The molecule has 0 atom stereocenters. The highest BCUT2D eigenvalue weighted by molar-refractivity contribution is 7.99. The maximum absolute atomic E-state index is 11.6. The topological polar surface area (TPSA) is 54.9 Å². The minimum atomic E-state index is -0.0559. The average Bonchev–Trinajstić information content (AvgIpc) is 2.64. The second-order valence-corrected chi connectivity index (χ2v) is 6.11. The van der Waals surface area contributed by atoms with Gasteiger partial charge in [-0.25, -0.2) is 9.97 Å². The lowest BCUT2D eigenvalue weighted by molar-refractivity contribution is -0.118. The van der Waals surface area contributed by atoms with Crippen LogP contribution >= 0.6 is 11.8 Å². The number of benzene rings is 2. The predicted molar refractivity (Wildman–Crippen MR) is 98.9 cm³/mol. The van der Waals surface area contributed by atoms with Crippen molar-refractivity contribution in [3.8, 4) is 11.3 Å². The van der Waals surface area contributed by atoms with Crippen LogP contribution in [-0.2, 0) is 4.79 Å². The highest BCUT2D eigenvalue weighted by Gasteiger charge is 2.06. The molecule has 120 valence electrons. The van der Waals surface area contributed by atoms with Crippen molar-refractivity contribution in [3.05, 3.63) is 67.4 Å². The van der Waals surface area contributed by atoms with Crippen molar-refractivity contribution in [2.45, 2.75) is 5.16 Å². The fraction of sp³-hybridized carbons (Fsp3) is 0.105. The van der Waals surface area contributed by atoms with Gasteiger partial charge in [0.05, 0.1) is 11.4 Å². The molecule has 0 aliphatic rings. The summed E-state index contributed by atoms with van der Waals surface area (Å²) >= 11 is 1.32. The second-order valence-electron chi connectivity index (χ2n) is 5.17. The Labute approximate surface area is 145 Å². The summed E-state index contributed by atoms with van der Waals surface area (Å²) in [6.45, 7) is 4.04. The average molecular weight is 335 g/mol. The summed E-state index contributed by atoms with van der Waals surface area (Å²) in [7, 11) is 0. The first-order valence-corrected chi connectivity index (χ1v) is 8.57. The van der Waals surface area contributed by atoms with Crippen molar-refractivity contribution >= 4 is 28.4 Å². The van der Waals surface area contributed by atoms with E-state index in [1.54, 1.807) is 12.3 Å².